The Kier molecular flexibility index (Phi) is 2.93. The van der Waals surface area contributed by atoms with E-state index in [1.54, 1.807) is 0 Å². The second-order valence-corrected chi connectivity index (χ2v) is 5.14. The molecule has 0 saturated carbocycles. The van der Waals surface area contributed by atoms with Gasteiger partial charge in [0, 0.05) is 12.3 Å². The van der Waals surface area contributed by atoms with Gasteiger partial charge in [0.1, 0.15) is 11.9 Å². The van der Waals surface area contributed by atoms with Gasteiger partial charge in [0.2, 0.25) is 0 Å². The van der Waals surface area contributed by atoms with Crippen molar-refractivity contribution in [2.45, 2.75) is 26.5 Å². The van der Waals surface area contributed by atoms with Crippen LogP contribution in [0.15, 0.2) is 53.7 Å². The fourth-order valence-electron chi connectivity index (χ4n) is 3.01. The molecule has 4 heteroatoms. The van der Waals surface area contributed by atoms with Crippen LogP contribution in [0.1, 0.15) is 25.2 Å². The monoisotopic (exact) mass is 251 g/mol. The first-order valence-corrected chi connectivity index (χ1v) is 7.01. The Balaban J connectivity index is 2.21. The predicted molar refractivity (Wildman–Crippen MR) is 78.6 cm³/mol. The number of rotatable bonds is 3. The van der Waals surface area contributed by atoms with Crippen molar-refractivity contribution in [1.29, 1.82) is 0 Å². The summed E-state index contributed by atoms with van der Waals surface area (Å²) in [5.74, 6) is 0. The lowest BCUT2D eigenvalue weighted by molar-refractivity contribution is -0.547. The van der Waals surface area contributed by atoms with Crippen molar-refractivity contribution in [3.63, 3.8) is 0 Å². The number of pyridine rings is 2. The minimum absolute atomic E-state index is 0.884. The molecule has 2 aromatic heterocycles. The molecule has 2 aromatic rings. The van der Waals surface area contributed by atoms with Gasteiger partial charge < -0.3 is 9.38 Å². The molecule has 0 unspecified atom stereocenters. The summed E-state index contributed by atoms with van der Waals surface area (Å²) in [6.07, 6.45) is 5.20. The summed E-state index contributed by atoms with van der Waals surface area (Å²) in [5, 5.41) is 0. The summed E-state index contributed by atoms with van der Waals surface area (Å²) < 4.78 is 2.35. The first-order valence-electron chi connectivity index (χ1n) is 7.01. The van der Waals surface area contributed by atoms with E-state index in [9.17, 15) is 0 Å². The topological polar surface area (TPSA) is 29.1 Å². The number of nitrogens with zero attached hydrogens (tertiary/aromatic N) is 3. The van der Waals surface area contributed by atoms with E-state index in [2.05, 4.69) is 47.7 Å². The van der Waals surface area contributed by atoms with Crippen molar-refractivity contribution in [3.8, 4) is 0 Å². The predicted octanol–water partition coefficient (Wildman–Crippen LogP) is 2.55. The zero-order valence-corrected chi connectivity index (χ0v) is 11.5. The van der Waals surface area contributed by atoms with Gasteiger partial charge in [0.15, 0.2) is 5.69 Å². The smallest absolute Gasteiger partial charge is 0.389 e. The Morgan fingerprint density at radius 2 is 1.84 bits per heavy atom. The van der Waals surface area contributed by atoms with Crippen molar-refractivity contribution in [1.82, 2.24) is 4.98 Å². The summed E-state index contributed by atoms with van der Waals surface area (Å²) in [7, 11) is 0. The van der Waals surface area contributed by atoms with Crippen LogP contribution in [-0.2, 0) is 0 Å². The Labute approximate surface area is 114 Å². The van der Waals surface area contributed by atoms with Gasteiger partial charge in [0.05, 0.1) is 5.69 Å². The standard InChI is InChI=1S/C15H18BN3/c1-3-16(4-2)18-15(13-9-5-7-11-17-13)14-10-6-8-12-19(14)16/h5-12H,3-4H2,1-2H3. The second kappa shape index (κ2) is 4.61. The zero-order chi connectivity index (χ0) is 13.3. The number of hydrogen-bond acceptors (Lipinski definition) is 2. The van der Waals surface area contributed by atoms with Gasteiger partial charge in [-0.2, -0.15) is 0 Å². The molecular weight excluding hydrogens is 233 g/mol. The zero-order valence-electron chi connectivity index (χ0n) is 11.5. The molecule has 3 heterocycles. The molecule has 0 atom stereocenters. The van der Waals surface area contributed by atoms with E-state index in [0.29, 0.717) is 0 Å². The van der Waals surface area contributed by atoms with Crippen LogP contribution in [-0.4, -0.2) is 17.1 Å². The van der Waals surface area contributed by atoms with Crippen molar-refractivity contribution < 1.29 is 4.48 Å². The molecule has 0 fully saturated rings. The third-order valence-electron chi connectivity index (χ3n) is 4.24. The molecule has 3 rings (SSSR count). The molecule has 96 valence electrons. The highest BCUT2D eigenvalue weighted by molar-refractivity contribution is 6.72. The van der Waals surface area contributed by atoms with Gasteiger partial charge in [-0.25, -0.2) is 0 Å². The van der Waals surface area contributed by atoms with Crippen molar-refractivity contribution in [3.05, 3.63) is 60.2 Å². The van der Waals surface area contributed by atoms with E-state index in [-0.39, 0.29) is 0 Å². The van der Waals surface area contributed by atoms with Crippen LogP contribution in [0.3, 0.4) is 0 Å². The minimum Gasteiger partial charge on any atom is -0.421 e. The lowest BCUT2D eigenvalue weighted by Gasteiger charge is -2.23. The van der Waals surface area contributed by atoms with Crippen LogP contribution in [0.2, 0.25) is 12.6 Å². The summed E-state index contributed by atoms with van der Waals surface area (Å²) >= 11 is 0. The van der Waals surface area contributed by atoms with Crippen LogP contribution in [0.5, 0.6) is 0 Å². The number of hydrogen-bond donors (Lipinski definition) is 0. The maximum absolute atomic E-state index is 5.07. The molecule has 0 N–H and O–H groups in total. The van der Waals surface area contributed by atoms with E-state index in [4.69, 9.17) is 4.90 Å². The van der Waals surface area contributed by atoms with Crippen LogP contribution >= 0.6 is 0 Å². The van der Waals surface area contributed by atoms with Gasteiger partial charge in [-0.05, 0) is 18.2 Å². The highest BCUT2D eigenvalue weighted by Gasteiger charge is 2.41. The molecule has 0 aromatic carbocycles. The van der Waals surface area contributed by atoms with Crippen LogP contribution < -0.4 is 4.48 Å². The second-order valence-electron chi connectivity index (χ2n) is 5.14. The molecule has 0 saturated heterocycles. The summed E-state index contributed by atoms with van der Waals surface area (Å²) in [5.41, 5.74) is 3.18. The highest BCUT2D eigenvalue weighted by atomic mass is 15.1. The molecule has 3 nitrogen and oxygen atoms in total. The Morgan fingerprint density at radius 3 is 2.53 bits per heavy atom. The minimum atomic E-state index is -0.884. The maximum atomic E-state index is 5.07. The molecule has 0 bridgehead atoms. The summed E-state index contributed by atoms with van der Waals surface area (Å²) in [6, 6.07) is 12.3. The van der Waals surface area contributed by atoms with Crippen LogP contribution in [0, 0.1) is 0 Å². The molecular formula is C15H18BN3. The number of aromatic nitrogens is 2. The van der Waals surface area contributed by atoms with Gasteiger partial charge in [-0.1, -0.05) is 38.6 Å². The van der Waals surface area contributed by atoms with Gasteiger partial charge in [-0.3, -0.25) is 4.98 Å². The van der Waals surface area contributed by atoms with E-state index < -0.39 is 6.42 Å². The number of fused-ring (bicyclic) bond motifs is 1. The Morgan fingerprint density at radius 1 is 1.05 bits per heavy atom. The van der Waals surface area contributed by atoms with E-state index in [1.165, 1.54) is 5.69 Å². The molecule has 0 spiro atoms. The average Bonchev–Trinajstić information content (AvgIpc) is 2.84. The molecule has 0 amide bonds. The first kappa shape index (κ1) is 12.1. The first-order chi connectivity index (χ1) is 9.30. The summed E-state index contributed by atoms with van der Waals surface area (Å²) in [4.78, 5) is 9.53. The molecule has 1 aliphatic rings. The molecule has 0 radical (unpaired) electrons. The third-order valence-corrected chi connectivity index (χ3v) is 4.24. The normalized spacial score (nSPS) is 16.0. The molecule has 0 aliphatic carbocycles. The molecule has 19 heavy (non-hydrogen) atoms. The van der Waals surface area contributed by atoms with E-state index in [1.807, 2.05) is 24.4 Å². The lowest BCUT2D eigenvalue weighted by atomic mass is 9.43. The van der Waals surface area contributed by atoms with Gasteiger partial charge >= 0.3 is 6.42 Å². The maximum Gasteiger partial charge on any atom is 0.389 e. The summed E-state index contributed by atoms with van der Waals surface area (Å²) in [6.45, 7) is 4.44. The van der Waals surface area contributed by atoms with Crippen molar-refractivity contribution >= 4 is 12.1 Å². The lowest BCUT2D eigenvalue weighted by Crippen LogP contribution is -2.61. The Hall–Kier alpha value is -1.97. The van der Waals surface area contributed by atoms with Crippen LogP contribution in [0.25, 0.3) is 0 Å². The van der Waals surface area contributed by atoms with E-state index >= 15 is 0 Å². The van der Waals surface area contributed by atoms with Crippen molar-refractivity contribution in [2.24, 2.45) is 4.90 Å². The van der Waals surface area contributed by atoms with Gasteiger partial charge in [-0.15, -0.1) is 0 Å². The largest absolute Gasteiger partial charge is 0.421 e. The average molecular weight is 251 g/mol. The highest BCUT2D eigenvalue weighted by Crippen LogP contribution is 2.22. The Bertz CT molecular complexity index is 618. The SMILES string of the molecule is CC[B-]1(CC)N=C(c2ccccn2)c2cccc[n+]21. The van der Waals surface area contributed by atoms with E-state index in [0.717, 1.165) is 24.0 Å². The van der Waals surface area contributed by atoms with Crippen LogP contribution in [0.4, 0.5) is 0 Å². The fraction of sp³-hybridized carbons (Fsp3) is 0.267. The van der Waals surface area contributed by atoms with Crippen molar-refractivity contribution in [2.75, 3.05) is 0 Å². The molecule has 1 aliphatic heterocycles. The van der Waals surface area contributed by atoms with Gasteiger partial charge in [0.25, 0.3) is 0 Å². The fourth-order valence-corrected chi connectivity index (χ4v) is 3.01. The third kappa shape index (κ3) is 1.79. The quantitative estimate of drug-likeness (QED) is 0.771.